The third-order valence-electron chi connectivity index (χ3n) is 8.04. The summed E-state index contributed by atoms with van der Waals surface area (Å²) in [5.74, 6) is 2.42. The van der Waals surface area contributed by atoms with E-state index in [1.165, 1.54) is 44.8 Å². The topological polar surface area (TPSA) is 84.0 Å². The second kappa shape index (κ2) is 6.73. The van der Waals surface area contributed by atoms with Crippen LogP contribution in [0.4, 0.5) is 5.69 Å². The van der Waals surface area contributed by atoms with Crippen LogP contribution >= 0.6 is 0 Å². The van der Waals surface area contributed by atoms with Gasteiger partial charge in [-0.15, -0.1) is 0 Å². The van der Waals surface area contributed by atoms with Gasteiger partial charge in [-0.3, -0.25) is 4.79 Å². The van der Waals surface area contributed by atoms with Crippen molar-refractivity contribution in [2.45, 2.75) is 49.0 Å². The van der Waals surface area contributed by atoms with Gasteiger partial charge in [0.25, 0.3) is 5.56 Å². The van der Waals surface area contributed by atoms with Crippen molar-refractivity contribution in [1.82, 2.24) is 9.55 Å². The summed E-state index contributed by atoms with van der Waals surface area (Å²) in [4.78, 5) is 16.0. The Morgan fingerprint density at radius 1 is 1.03 bits per heavy atom. The molecule has 7 heteroatoms. The maximum absolute atomic E-state index is 12.6. The average molecular weight is 452 g/mol. The number of H-pyrrole nitrogens is 1. The van der Waals surface area contributed by atoms with Crippen LogP contribution in [-0.2, 0) is 16.9 Å². The fourth-order valence-corrected chi connectivity index (χ4v) is 7.77. The monoisotopic (exact) mass is 451 g/mol. The van der Waals surface area contributed by atoms with Gasteiger partial charge in [0, 0.05) is 53.4 Å². The molecule has 2 heterocycles. The number of nitrogens with zero attached hydrogens (tertiary/aromatic N) is 1. The number of fused-ring (bicyclic) bond motifs is 1. The van der Waals surface area contributed by atoms with Crippen LogP contribution in [0.1, 0.15) is 38.5 Å². The van der Waals surface area contributed by atoms with Gasteiger partial charge in [0.1, 0.15) is 5.52 Å². The van der Waals surface area contributed by atoms with Gasteiger partial charge in [-0.05, 0) is 80.5 Å². The zero-order valence-electron chi connectivity index (χ0n) is 18.5. The molecule has 4 aliphatic carbocycles. The van der Waals surface area contributed by atoms with E-state index in [0.29, 0.717) is 10.4 Å². The number of rotatable bonds is 4. The molecule has 4 saturated carbocycles. The Labute approximate surface area is 188 Å². The summed E-state index contributed by atoms with van der Waals surface area (Å²) in [6, 6.07) is 7.30. The highest BCUT2D eigenvalue weighted by Crippen LogP contribution is 2.57. The average Bonchev–Trinajstić information content (AvgIpc) is 3.19. The molecule has 0 saturated heterocycles. The van der Waals surface area contributed by atoms with E-state index < -0.39 is 9.84 Å². The zero-order valence-corrected chi connectivity index (χ0v) is 19.3. The molecular weight excluding hydrogens is 422 g/mol. The molecule has 0 spiro atoms. The number of nitrogens with one attached hydrogen (secondary N) is 2. The Morgan fingerprint density at radius 3 is 2.31 bits per heavy atom. The Balaban J connectivity index is 1.53. The van der Waals surface area contributed by atoms with E-state index in [9.17, 15) is 13.2 Å². The molecule has 0 radical (unpaired) electrons. The standard InChI is InChI=1S/C25H29N3O3S/c1-28-14-21(19-5-6-26-23(19)24(28)29)20-10-18(32(2,30)31)3-4-22(20)27-25-11-15-7-16(12-25)9-17(8-15)13-25/h3-6,10,14-17,26-27H,7-9,11-13H2,1-2H3. The lowest BCUT2D eigenvalue weighted by Gasteiger charge is -2.57. The third kappa shape index (κ3) is 3.12. The minimum Gasteiger partial charge on any atom is -0.379 e. The zero-order chi connectivity index (χ0) is 22.3. The van der Waals surface area contributed by atoms with E-state index in [2.05, 4.69) is 10.3 Å². The molecule has 0 aliphatic heterocycles. The molecular formula is C25H29N3O3S. The molecule has 168 valence electrons. The number of anilines is 1. The summed E-state index contributed by atoms with van der Waals surface area (Å²) in [6.07, 6.45) is 12.5. The molecule has 0 amide bonds. The van der Waals surface area contributed by atoms with Crippen LogP contribution in [-0.4, -0.2) is 29.8 Å². The molecule has 4 aliphatic rings. The van der Waals surface area contributed by atoms with Crippen molar-refractivity contribution in [2.75, 3.05) is 11.6 Å². The van der Waals surface area contributed by atoms with Gasteiger partial charge >= 0.3 is 0 Å². The number of hydrogen-bond donors (Lipinski definition) is 2. The summed E-state index contributed by atoms with van der Waals surface area (Å²) >= 11 is 0. The van der Waals surface area contributed by atoms with E-state index >= 15 is 0 Å². The molecule has 4 bridgehead atoms. The lowest BCUT2D eigenvalue weighted by molar-refractivity contribution is 0.0107. The Morgan fingerprint density at radius 2 is 1.69 bits per heavy atom. The first-order chi connectivity index (χ1) is 15.2. The number of benzene rings is 1. The van der Waals surface area contributed by atoms with E-state index in [1.54, 1.807) is 29.9 Å². The number of aromatic amines is 1. The van der Waals surface area contributed by atoms with E-state index in [4.69, 9.17) is 0 Å². The van der Waals surface area contributed by atoms with Crippen LogP contribution in [0.3, 0.4) is 0 Å². The van der Waals surface area contributed by atoms with Crippen LogP contribution in [0, 0.1) is 17.8 Å². The highest BCUT2D eigenvalue weighted by molar-refractivity contribution is 7.90. The summed E-state index contributed by atoms with van der Waals surface area (Å²) in [7, 11) is -1.63. The van der Waals surface area contributed by atoms with E-state index in [0.717, 1.165) is 40.0 Å². The highest BCUT2D eigenvalue weighted by atomic mass is 32.2. The summed E-state index contributed by atoms with van der Waals surface area (Å²) in [5, 5.41) is 4.74. The quantitative estimate of drug-likeness (QED) is 0.619. The smallest absolute Gasteiger partial charge is 0.274 e. The number of hydrogen-bond acceptors (Lipinski definition) is 4. The molecule has 0 atom stereocenters. The van der Waals surface area contributed by atoms with Gasteiger partial charge in [0.05, 0.1) is 4.90 Å². The van der Waals surface area contributed by atoms with Gasteiger partial charge in [0.15, 0.2) is 9.84 Å². The van der Waals surface area contributed by atoms with Gasteiger partial charge in [-0.2, -0.15) is 0 Å². The van der Waals surface area contributed by atoms with Crippen LogP contribution in [0.15, 0.2) is 46.3 Å². The largest absolute Gasteiger partial charge is 0.379 e. The van der Waals surface area contributed by atoms with E-state index in [1.807, 2.05) is 18.3 Å². The first-order valence-corrected chi connectivity index (χ1v) is 13.4. The van der Waals surface area contributed by atoms with Crippen LogP contribution in [0.5, 0.6) is 0 Å². The number of pyridine rings is 1. The van der Waals surface area contributed by atoms with E-state index in [-0.39, 0.29) is 11.1 Å². The first kappa shape index (κ1) is 20.1. The molecule has 4 fully saturated rings. The molecule has 1 aromatic carbocycles. The van der Waals surface area contributed by atoms with Gasteiger partial charge in [-0.25, -0.2) is 8.42 Å². The summed E-state index contributed by atoms with van der Waals surface area (Å²) < 4.78 is 26.3. The predicted octanol–water partition coefficient (Wildman–Crippen LogP) is 4.32. The van der Waals surface area contributed by atoms with Gasteiger partial charge < -0.3 is 14.9 Å². The summed E-state index contributed by atoms with van der Waals surface area (Å²) in [5.41, 5.74) is 3.19. The number of aryl methyl sites for hydroxylation is 1. The van der Waals surface area contributed by atoms with Crippen molar-refractivity contribution in [3.63, 3.8) is 0 Å². The first-order valence-electron chi connectivity index (χ1n) is 11.5. The number of sulfone groups is 1. The van der Waals surface area contributed by atoms with Crippen molar-refractivity contribution in [3.8, 4) is 11.1 Å². The molecule has 2 N–H and O–H groups in total. The SMILES string of the molecule is Cn1cc(-c2cc(S(C)(=O)=O)ccc2NC23CC4CC(CC(C4)C2)C3)c2cc[nH]c2c1=O. The van der Waals surface area contributed by atoms with Crippen molar-refractivity contribution in [1.29, 1.82) is 0 Å². The van der Waals surface area contributed by atoms with Crippen molar-refractivity contribution < 1.29 is 8.42 Å². The molecule has 32 heavy (non-hydrogen) atoms. The maximum atomic E-state index is 12.6. The van der Waals surface area contributed by atoms with Crippen LogP contribution in [0.25, 0.3) is 22.0 Å². The maximum Gasteiger partial charge on any atom is 0.274 e. The molecule has 6 nitrogen and oxygen atoms in total. The Hall–Kier alpha value is -2.54. The second-order valence-electron chi connectivity index (χ2n) is 10.5. The fraction of sp³-hybridized carbons (Fsp3) is 0.480. The van der Waals surface area contributed by atoms with Crippen LogP contribution < -0.4 is 10.9 Å². The van der Waals surface area contributed by atoms with Crippen molar-refractivity contribution >= 4 is 26.4 Å². The third-order valence-corrected chi connectivity index (χ3v) is 9.15. The molecule has 3 aromatic rings. The van der Waals surface area contributed by atoms with Crippen molar-refractivity contribution in [3.05, 3.63) is 47.0 Å². The minimum absolute atomic E-state index is 0.0913. The van der Waals surface area contributed by atoms with Crippen molar-refractivity contribution in [2.24, 2.45) is 24.8 Å². The Bertz CT molecular complexity index is 1360. The summed E-state index contributed by atoms with van der Waals surface area (Å²) in [6.45, 7) is 0. The lowest BCUT2D eigenvalue weighted by Crippen LogP contribution is -2.54. The van der Waals surface area contributed by atoms with Crippen LogP contribution in [0.2, 0.25) is 0 Å². The predicted molar refractivity (Wildman–Crippen MR) is 127 cm³/mol. The highest BCUT2D eigenvalue weighted by Gasteiger charge is 2.51. The van der Waals surface area contributed by atoms with Gasteiger partial charge in [0.2, 0.25) is 0 Å². The molecule has 0 unspecified atom stereocenters. The molecule has 7 rings (SSSR count). The van der Waals surface area contributed by atoms with Gasteiger partial charge in [-0.1, -0.05) is 0 Å². The fourth-order valence-electron chi connectivity index (χ4n) is 7.12. The lowest BCUT2D eigenvalue weighted by atomic mass is 9.53. The normalized spacial score (nSPS) is 29.0. The molecule has 2 aromatic heterocycles. The Kier molecular flexibility index (Phi) is 4.23. The minimum atomic E-state index is -3.37. The number of aromatic nitrogens is 2. The second-order valence-corrected chi connectivity index (χ2v) is 12.5.